The molecule has 8 aliphatic carbocycles. The number of rotatable bonds is 0. The van der Waals surface area contributed by atoms with Crippen LogP contribution in [-0.2, 0) is 0 Å². The molecule has 0 aliphatic heterocycles. The first-order valence-corrected chi connectivity index (χ1v) is 38.1. The highest BCUT2D eigenvalue weighted by Gasteiger charge is 2.39. The number of benzene rings is 8. The lowest BCUT2D eigenvalue weighted by molar-refractivity contribution is 1.48. The molecule has 0 unspecified atom stereocenters. The third-order valence-electron chi connectivity index (χ3n) is 21.2. The molecule has 14 nitrogen and oxygen atoms in total. The van der Waals surface area contributed by atoms with Crippen LogP contribution in [0.1, 0.15) is 110 Å². The van der Waals surface area contributed by atoms with Gasteiger partial charge in [0.25, 0.3) is 34.2 Å². The van der Waals surface area contributed by atoms with Gasteiger partial charge in [0.15, 0.2) is 11.4 Å². The van der Waals surface area contributed by atoms with Gasteiger partial charge in [0.05, 0.1) is 89.0 Å². The Kier molecular flexibility index (Phi) is 18.1. The average molecular weight is 1530 g/mol. The Bertz CT molecular complexity index is 7220. The molecular weight excluding hydrogens is 1490 g/mol. The molecule has 4 heterocycles. The van der Waals surface area contributed by atoms with Crippen molar-refractivity contribution in [3.8, 4) is 123 Å². The number of nitriles is 6. The first kappa shape index (κ1) is 72.5. The first-order chi connectivity index (χ1) is 55.8. The third-order valence-corrected chi connectivity index (χ3v) is 25.0. The molecule has 4 aromatic heterocycles. The van der Waals surface area contributed by atoms with Gasteiger partial charge in [0.1, 0.15) is 0 Å². The highest BCUT2D eigenvalue weighted by molar-refractivity contribution is 7.15. The van der Waals surface area contributed by atoms with Crippen LogP contribution in [0.3, 0.4) is 0 Å². The van der Waals surface area contributed by atoms with Gasteiger partial charge in [0, 0.05) is 52.9 Å². The van der Waals surface area contributed by atoms with E-state index >= 15 is 0 Å². The van der Waals surface area contributed by atoms with Gasteiger partial charge < -0.3 is 0 Å². The van der Waals surface area contributed by atoms with Crippen molar-refractivity contribution in [3.63, 3.8) is 0 Å². The fourth-order valence-electron chi connectivity index (χ4n) is 16.7. The van der Waals surface area contributed by atoms with Crippen molar-refractivity contribution in [1.82, 2.24) is 0 Å². The Balaban J connectivity index is 0.000000115. The lowest BCUT2D eigenvalue weighted by atomic mass is 9.94. The van der Waals surface area contributed by atoms with Crippen molar-refractivity contribution in [2.24, 2.45) is 0 Å². The van der Waals surface area contributed by atoms with E-state index in [0.29, 0.717) is 33.7 Å². The minimum absolute atomic E-state index is 0. The molecule has 0 amide bonds. The van der Waals surface area contributed by atoms with Crippen LogP contribution in [0.5, 0.6) is 0 Å². The van der Waals surface area contributed by atoms with E-state index < -0.39 is 0 Å². The van der Waals surface area contributed by atoms with Crippen molar-refractivity contribution in [3.05, 3.63) is 417 Å². The molecular formula is C97H42N14S4. The van der Waals surface area contributed by atoms with Crippen LogP contribution >= 0.6 is 45.3 Å². The zero-order chi connectivity index (χ0) is 79.1. The summed E-state index contributed by atoms with van der Waals surface area (Å²) < 4.78 is 0. The number of hydrogen-bond acceptors (Lipinski definition) is 10. The molecule has 0 fully saturated rings. The van der Waals surface area contributed by atoms with Crippen LogP contribution in [0.15, 0.2) is 237 Å². The molecule has 0 saturated heterocycles. The van der Waals surface area contributed by atoms with Crippen LogP contribution < -0.4 is 0 Å². The molecule has 18 heteroatoms. The Morgan fingerprint density at radius 3 is 0.617 bits per heavy atom. The second kappa shape index (κ2) is 28.7. The lowest BCUT2D eigenvalue weighted by Gasteiger charge is -2.09. The standard InChI is InChI=1S/2C26H10N4.2C22H9N3S2.CH4/c1-29-23(13-27)25-17-9-5-3-7-15(17)19-12-22-20(11-21(19)25)16-8-4-6-10-18(16)26(22)24(14-28)30-2;1-29-23(13-27)25-17-9-5-3-7-15(17)19-11-20-16-8-4-6-10-18(16)26(24(14-28)30-2)22(20)12-21(19)25;1-11(24-2)19-12-4-6-26-21(12)16-9-15-17(8-14(16)19)22-13(5-7-27-22)20(15)18(10-23)25-3;1-11(24-2)19-12-4-6-26-21(12)16-9-17-15(8-14(16)19)20(18(10-23)25-3)13-5-7-27-22(13)17;/h2*3-12H;2*4-9H,1H3;1H4/b2*25-23-,26-24+;2*19-11-,20-18+;. The summed E-state index contributed by atoms with van der Waals surface area (Å²) in [5.74, 6) is 0. The van der Waals surface area contributed by atoms with Gasteiger partial charge in [-0.05, 0) is 275 Å². The SMILES string of the molecule is C.[C-]#[N+]/C(C#N)=C1/c2cc3c(cc2-c2sccc21)-c1sccc1/C3=C(\C)[N+]#[C-].[C-]#[N+]/C(C#N)=C1/c2cc3c(cc2-c2sccc21)/C(=C(/C)[N+]#[C-])c1ccsc1-3.[C-]#[N+]/C(C#N)=C1/c2ccccc2-c2cc3c(cc21)-c1ccccc1/C3=C(/C#N)[N+]#[C-].[C-]#[N+]/C(C#N)=C1/c2ccccc2-c2cc3c(cc21)/C(=C(\C#N)[N+]#[C-])c1ccccc1-3. The predicted octanol–water partition coefficient (Wildman–Crippen LogP) is 26.1. The maximum atomic E-state index is 9.58. The van der Waals surface area contributed by atoms with Gasteiger partial charge in [0.2, 0.25) is 0 Å². The van der Waals surface area contributed by atoms with E-state index in [1.165, 1.54) is 4.88 Å². The van der Waals surface area contributed by atoms with E-state index in [1.807, 2.05) is 182 Å². The Hall–Kier alpha value is -16.7. The van der Waals surface area contributed by atoms with E-state index in [1.54, 1.807) is 45.3 Å². The van der Waals surface area contributed by atoms with E-state index in [-0.39, 0.29) is 41.6 Å². The summed E-state index contributed by atoms with van der Waals surface area (Å²) in [6.45, 7) is 63.5. The molecule has 0 atom stereocenters. The van der Waals surface area contributed by atoms with Gasteiger partial charge in [-0.1, -0.05) is 104 Å². The topological polar surface area (TPSA) is 178 Å². The van der Waals surface area contributed by atoms with Crippen molar-refractivity contribution in [1.29, 1.82) is 31.6 Å². The molecule has 0 bridgehead atoms. The summed E-state index contributed by atoms with van der Waals surface area (Å²) in [6.07, 6.45) is 0. The molecule has 12 aromatic rings. The Morgan fingerprint density at radius 2 is 0.391 bits per heavy atom. The maximum absolute atomic E-state index is 9.58. The highest BCUT2D eigenvalue weighted by atomic mass is 32.1. The molecule has 0 radical (unpaired) electrons. The first-order valence-electron chi connectivity index (χ1n) is 34.6. The van der Waals surface area contributed by atoms with Crippen molar-refractivity contribution < 1.29 is 0 Å². The molecule has 0 spiro atoms. The van der Waals surface area contributed by atoms with Crippen LogP contribution in [0.4, 0.5) is 0 Å². The largest absolute Gasteiger partial charge is 0.270 e. The number of fused-ring (bicyclic) bond motifs is 24. The molecule has 20 rings (SSSR count). The number of hydrogen-bond donors (Lipinski definition) is 0. The summed E-state index contributed by atoms with van der Waals surface area (Å²) in [5.41, 5.74) is 34.4. The van der Waals surface area contributed by atoms with Gasteiger partial charge >= 0.3 is 0 Å². The number of allylic oxidation sites excluding steroid dienone is 8. The third kappa shape index (κ3) is 10.7. The fourth-order valence-corrected chi connectivity index (χ4v) is 20.4. The summed E-state index contributed by atoms with van der Waals surface area (Å²) in [6, 6.07) is 67.8. The molecule has 0 N–H and O–H groups in total. The van der Waals surface area contributed by atoms with Gasteiger partial charge in [-0.15, -0.1) is 45.3 Å². The second-order valence-electron chi connectivity index (χ2n) is 26.4. The zero-order valence-electron chi connectivity index (χ0n) is 59.4. The van der Waals surface area contributed by atoms with Gasteiger partial charge in [-0.2, -0.15) is 0 Å². The average Bonchev–Trinajstić information content (AvgIpc) is 1.57. The quantitative estimate of drug-likeness (QED) is 0.108. The van der Waals surface area contributed by atoms with E-state index in [2.05, 4.69) is 98.7 Å². The monoisotopic (exact) mass is 1530 g/mol. The fraction of sp³-hybridized carbons (Fsp3) is 0.0309. The van der Waals surface area contributed by atoms with Crippen LogP contribution in [0.2, 0.25) is 0 Å². The minimum atomic E-state index is 0. The molecule has 8 aromatic carbocycles. The minimum Gasteiger partial charge on any atom is -0.242 e. The summed E-state index contributed by atoms with van der Waals surface area (Å²) in [5, 5.41) is 65.4. The van der Waals surface area contributed by atoms with Crippen LogP contribution in [-0.4, -0.2) is 0 Å². The Labute approximate surface area is 677 Å². The van der Waals surface area contributed by atoms with Crippen LogP contribution in [0, 0.1) is 121 Å². The van der Waals surface area contributed by atoms with E-state index in [4.69, 9.17) is 52.6 Å². The normalized spacial score (nSPS) is 15.7. The van der Waals surface area contributed by atoms with Gasteiger partial charge in [-0.3, -0.25) is 0 Å². The molecule has 8 aliphatic rings. The van der Waals surface area contributed by atoms with Gasteiger partial charge in [-0.25, -0.2) is 70.3 Å². The van der Waals surface area contributed by atoms with Crippen molar-refractivity contribution in [2.45, 2.75) is 21.3 Å². The second-order valence-corrected chi connectivity index (χ2v) is 30.1. The maximum Gasteiger partial charge on any atom is 0.270 e. The van der Waals surface area contributed by atoms with Crippen molar-refractivity contribution >= 4 is 89.9 Å². The number of nitrogens with zero attached hydrogens (tertiary/aromatic N) is 14. The summed E-state index contributed by atoms with van der Waals surface area (Å²) in [4.78, 5) is 32.7. The molecule has 115 heavy (non-hydrogen) atoms. The molecule has 0 saturated carbocycles. The smallest absolute Gasteiger partial charge is 0.242 e. The zero-order valence-corrected chi connectivity index (χ0v) is 62.6. The number of thiophene rings is 4. The highest BCUT2D eigenvalue weighted by Crippen LogP contribution is 2.60. The molecule has 524 valence electrons. The van der Waals surface area contributed by atoms with E-state index in [0.717, 1.165) is 193 Å². The summed E-state index contributed by atoms with van der Waals surface area (Å²) >= 11 is 6.60. The summed E-state index contributed by atoms with van der Waals surface area (Å²) in [7, 11) is 0. The van der Waals surface area contributed by atoms with Crippen molar-refractivity contribution in [2.75, 3.05) is 0 Å². The lowest BCUT2D eigenvalue weighted by Crippen LogP contribution is -1.90. The van der Waals surface area contributed by atoms with Crippen LogP contribution in [0.25, 0.3) is 170 Å². The predicted molar refractivity (Wildman–Crippen MR) is 454 cm³/mol. The van der Waals surface area contributed by atoms with E-state index in [9.17, 15) is 31.6 Å². The Morgan fingerprint density at radius 1 is 0.217 bits per heavy atom.